The molecule has 0 aliphatic heterocycles. The number of urea groups is 1. The lowest BCUT2D eigenvalue weighted by atomic mass is 9.94. The first-order chi connectivity index (χ1) is 5.61. The Morgan fingerprint density at radius 3 is 2.42 bits per heavy atom. The minimum absolute atomic E-state index is 0.167. The summed E-state index contributed by atoms with van der Waals surface area (Å²) in [5.41, 5.74) is 5.10. The van der Waals surface area contributed by atoms with E-state index >= 15 is 0 Å². The van der Waals surface area contributed by atoms with E-state index in [1.54, 1.807) is 7.05 Å². The molecular formula is C8H14N2O2. The molecule has 4 nitrogen and oxygen atoms in total. The van der Waals surface area contributed by atoms with E-state index < -0.39 is 6.03 Å². The van der Waals surface area contributed by atoms with Gasteiger partial charge in [0.1, 0.15) is 5.78 Å². The Balaban J connectivity index is 2.44. The third-order valence-electron chi connectivity index (χ3n) is 2.41. The Labute approximate surface area is 71.7 Å². The second-order valence-corrected chi connectivity index (χ2v) is 3.22. The number of primary amides is 1. The quantitative estimate of drug-likeness (QED) is 0.623. The van der Waals surface area contributed by atoms with E-state index in [4.69, 9.17) is 5.73 Å². The molecule has 0 spiro atoms. The molecule has 0 aromatic rings. The molecule has 68 valence electrons. The third kappa shape index (κ3) is 1.96. The average molecular weight is 170 g/mol. The van der Waals surface area contributed by atoms with Crippen LogP contribution in [0.15, 0.2) is 0 Å². The molecule has 4 heteroatoms. The summed E-state index contributed by atoms with van der Waals surface area (Å²) in [4.78, 5) is 23.1. The summed E-state index contributed by atoms with van der Waals surface area (Å²) in [6, 6.07) is -0.241. The Bertz CT molecular complexity index is 193. The Hall–Kier alpha value is -1.06. The molecule has 0 aromatic heterocycles. The number of hydrogen-bond acceptors (Lipinski definition) is 2. The topological polar surface area (TPSA) is 63.4 Å². The highest BCUT2D eigenvalue weighted by Crippen LogP contribution is 2.18. The third-order valence-corrected chi connectivity index (χ3v) is 2.41. The van der Waals surface area contributed by atoms with Crippen LogP contribution < -0.4 is 5.73 Å². The van der Waals surface area contributed by atoms with Crippen LogP contribution in [0.2, 0.25) is 0 Å². The summed E-state index contributed by atoms with van der Waals surface area (Å²) >= 11 is 0. The van der Waals surface area contributed by atoms with Gasteiger partial charge in [-0.1, -0.05) is 0 Å². The van der Waals surface area contributed by atoms with E-state index in [2.05, 4.69) is 0 Å². The van der Waals surface area contributed by atoms with Gasteiger partial charge < -0.3 is 10.6 Å². The van der Waals surface area contributed by atoms with Crippen LogP contribution in [0.5, 0.6) is 0 Å². The van der Waals surface area contributed by atoms with Gasteiger partial charge in [0, 0.05) is 25.9 Å². The summed E-state index contributed by atoms with van der Waals surface area (Å²) in [6.45, 7) is 0. The fourth-order valence-corrected chi connectivity index (χ4v) is 1.49. The fourth-order valence-electron chi connectivity index (χ4n) is 1.49. The summed E-state index contributed by atoms with van der Waals surface area (Å²) in [6.07, 6.45) is 2.70. The molecule has 2 amide bonds. The van der Waals surface area contributed by atoms with Gasteiger partial charge in [-0.15, -0.1) is 0 Å². The molecule has 1 aliphatic rings. The largest absolute Gasteiger partial charge is 0.351 e. The molecule has 0 bridgehead atoms. The monoisotopic (exact) mass is 170 g/mol. The van der Waals surface area contributed by atoms with Crippen LogP contribution in [0, 0.1) is 0 Å². The summed E-state index contributed by atoms with van der Waals surface area (Å²) in [5.74, 6) is 0.295. The van der Waals surface area contributed by atoms with Crippen molar-refractivity contribution in [2.45, 2.75) is 31.7 Å². The van der Waals surface area contributed by atoms with Gasteiger partial charge in [-0.3, -0.25) is 4.79 Å². The van der Waals surface area contributed by atoms with Crippen LogP contribution in [0.1, 0.15) is 25.7 Å². The van der Waals surface area contributed by atoms with Crippen LogP contribution in [-0.4, -0.2) is 29.8 Å². The lowest BCUT2D eigenvalue weighted by molar-refractivity contribution is -0.121. The molecule has 1 rings (SSSR count). The van der Waals surface area contributed by atoms with Crippen molar-refractivity contribution in [2.75, 3.05) is 7.05 Å². The molecule has 0 saturated heterocycles. The predicted octanol–water partition coefficient (Wildman–Crippen LogP) is 0.509. The highest BCUT2D eigenvalue weighted by molar-refractivity contribution is 5.79. The van der Waals surface area contributed by atoms with E-state index in [9.17, 15) is 9.59 Å². The summed E-state index contributed by atoms with van der Waals surface area (Å²) in [7, 11) is 1.68. The van der Waals surface area contributed by atoms with E-state index in [0.717, 1.165) is 12.8 Å². The SMILES string of the molecule is CN(C(N)=O)C1CCC(=O)CC1. The van der Waals surface area contributed by atoms with Gasteiger partial charge in [0.25, 0.3) is 0 Å². The van der Waals surface area contributed by atoms with E-state index in [0.29, 0.717) is 18.6 Å². The van der Waals surface area contributed by atoms with Crippen molar-refractivity contribution in [3.63, 3.8) is 0 Å². The van der Waals surface area contributed by atoms with Gasteiger partial charge in [0.05, 0.1) is 0 Å². The minimum atomic E-state index is -0.408. The standard InChI is InChI=1S/C8H14N2O2/c1-10(8(9)12)6-2-4-7(11)5-3-6/h6H,2-5H2,1H3,(H2,9,12). The Kier molecular flexibility index (Phi) is 2.68. The first-order valence-electron chi connectivity index (χ1n) is 4.15. The maximum absolute atomic E-state index is 10.9. The zero-order chi connectivity index (χ0) is 9.14. The first kappa shape index (κ1) is 9.03. The smallest absolute Gasteiger partial charge is 0.314 e. The molecule has 1 saturated carbocycles. The fraction of sp³-hybridized carbons (Fsp3) is 0.750. The number of amides is 2. The highest BCUT2D eigenvalue weighted by Gasteiger charge is 2.23. The molecule has 2 N–H and O–H groups in total. The van der Waals surface area contributed by atoms with Gasteiger partial charge in [-0.05, 0) is 12.8 Å². The number of ketones is 1. The molecule has 0 atom stereocenters. The van der Waals surface area contributed by atoms with E-state index in [1.165, 1.54) is 4.90 Å². The number of nitrogens with two attached hydrogens (primary N) is 1. The van der Waals surface area contributed by atoms with Gasteiger partial charge in [-0.2, -0.15) is 0 Å². The van der Waals surface area contributed by atoms with Crippen LogP contribution in [0.3, 0.4) is 0 Å². The lowest BCUT2D eigenvalue weighted by Crippen LogP contribution is -2.42. The van der Waals surface area contributed by atoms with Crippen LogP contribution in [0.4, 0.5) is 4.79 Å². The van der Waals surface area contributed by atoms with Crippen LogP contribution in [-0.2, 0) is 4.79 Å². The maximum atomic E-state index is 10.9. The second kappa shape index (κ2) is 3.56. The molecule has 1 fully saturated rings. The Morgan fingerprint density at radius 2 is 2.00 bits per heavy atom. The maximum Gasteiger partial charge on any atom is 0.314 e. The summed E-state index contributed by atoms with van der Waals surface area (Å²) in [5, 5.41) is 0. The summed E-state index contributed by atoms with van der Waals surface area (Å²) < 4.78 is 0. The van der Waals surface area contributed by atoms with E-state index in [-0.39, 0.29) is 6.04 Å². The van der Waals surface area contributed by atoms with Crippen molar-refractivity contribution in [1.82, 2.24) is 4.90 Å². The molecular weight excluding hydrogens is 156 g/mol. The lowest BCUT2D eigenvalue weighted by Gasteiger charge is -2.29. The van der Waals surface area contributed by atoms with Gasteiger partial charge in [-0.25, -0.2) is 4.79 Å². The molecule has 0 unspecified atom stereocenters. The number of rotatable bonds is 1. The molecule has 0 aromatic carbocycles. The average Bonchev–Trinajstić information content (AvgIpc) is 2.04. The first-order valence-corrected chi connectivity index (χ1v) is 4.15. The second-order valence-electron chi connectivity index (χ2n) is 3.22. The minimum Gasteiger partial charge on any atom is -0.351 e. The molecule has 1 aliphatic carbocycles. The van der Waals surface area contributed by atoms with Crippen molar-refractivity contribution in [3.05, 3.63) is 0 Å². The van der Waals surface area contributed by atoms with Crippen molar-refractivity contribution in [1.29, 1.82) is 0 Å². The molecule has 0 radical (unpaired) electrons. The highest BCUT2D eigenvalue weighted by atomic mass is 16.2. The van der Waals surface area contributed by atoms with Gasteiger partial charge in [0.15, 0.2) is 0 Å². The normalized spacial score (nSPS) is 19.2. The van der Waals surface area contributed by atoms with Crippen molar-refractivity contribution in [2.24, 2.45) is 5.73 Å². The van der Waals surface area contributed by atoms with Gasteiger partial charge >= 0.3 is 6.03 Å². The number of Topliss-reactive ketones (excluding diaryl/α,β-unsaturated/α-hetero) is 1. The number of carbonyl (C=O) groups is 2. The number of hydrogen-bond donors (Lipinski definition) is 1. The van der Waals surface area contributed by atoms with Gasteiger partial charge in [0.2, 0.25) is 0 Å². The van der Waals surface area contributed by atoms with Crippen molar-refractivity contribution in [3.8, 4) is 0 Å². The van der Waals surface area contributed by atoms with Crippen molar-refractivity contribution < 1.29 is 9.59 Å². The zero-order valence-electron chi connectivity index (χ0n) is 7.25. The van der Waals surface area contributed by atoms with Crippen LogP contribution in [0.25, 0.3) is 0 Å². The predicted molar refractivity (Wildman–Crippen MR) is 44.6 cm³/mol. The number of carbonyl (C=O) groups excluding carboxylic acids is 2. The molecule has 12 heavy (non-hydrogen) atoms. The Morgan fingerprint density at radius 1 is 1.50 bits per heavy atom. The van der Waals surface area contributed by atoms with Crippen molar-refractivity contribution >= 4 is 11.8 Å². The van der Waals surface area contributed by atoms with E-state index in [1.807, 2.05) is 0 Å². The zero-order valence-corrected chi connectivity index (χ0v) is 7.25. The van der Waals surface area contributed by atoms with Crippen LogP contribution >= 0.6 is 0 Å². The molecule has 0 heterocycles. The number of nitrogens with zero attached hydrogens (tertiary/aromatic N) is 1.